The largest absolute Gasteiger partial charge is 0.494 e. The standard InChI is InChI=1S/C30H27NO6S/c1-4-36-26-17-19-28(20-18-26)38(34,35)31(29(32)23-9-5-21(2)6-10-23)25-13-15-27(16-14-25)37-30(33)24-11-7-22(3)8-12-24/h5-20H,4H2,1-3H3. The van der Waals surface area contributed by atoms with Gasteiger partial charge in [-0.15, -0.1) is 0 Å². The molecular weight excluding hydrogens is 502 g/mol. The van der Waals surface area contributed by atoms with E-state index in [1.165, 1.54) is 36.4 Å². The fourth-order valence-corrected chi connectivity index (χ4v) is 5.08. The zero-order chi connectivity index (χ0) is 27.3. The summed E-state index contributed by atoms with van der Waals surface area (Å²) in [5.41, 5.74) is 2.63. The molecule has 4 aromatic carbocycles. The molecule has 7 nitrogen and oxygen atoms in total. The highest BCUT2D eigenvalue weighted by Crippen LogP contribution is 2.29. The predicted molar refractivity (Wildman–Crippen MR) is 145 cm³/mol. The van der Waals surface area contributed by atoms with Gasteiger partial charge in [-0.2, -0.15) is 4.31 Å². The minimum atomic E-state index is -4.31. The molecule has 0 unspecified atom stereocenters. The van der Waals surface area contributed by atoms with Gasteiger partial charge in [0.1, 0.15) is 11.5 Å². The molecule has 0 aromatic heterocycles. The third-order valence-corrected chi connectivity index (χ3v) is 7.45. The number of carbonyl (C=O) groups is 2. The second kappa shape index (κ2) is 11.3. The number of aryl methyl sites for hydroxylation is 2. The minimum absolute atomic E-state index is 0.0729. The van der Waals surface area contributed by atoms with Gasteiger partial charge in [0.2, 0.25) is 0 Å². The molecule has 0 radical (unpaired) electrons. The molecule has 1 amide bonds. The van der Waals surface area contributed by atoms with Crippen molar-refractivity contribution in [3.8, 4) is 11.5 Å². The van der Waals surface area contributed by atoms with Gasteiger partial charge in [0.15, 0.2) is 0 Å². The molecule has 4 rings (SSSR count). The van der Waals surface area contributed by atoms with Crippen LogP contribution in [0, 0.1) is 13.8 Å². The number of rotatable bonds is 8. The second-order valence-corrected chi connectivity index (χ2v) is 10.4. The van der Waals surface area contributed by atoms with Crippen molar-refractivity contribution in [1.82, 2.24) is 0 Å². The maximum absolute atomic E-state index is 13.7. The third-order valence-electron chi connectivity index (χ3n) is 5.72. The van der Waals surface area contributed by atoms with E-state index in [4.69, 9.17) is 9.47 Å². The summed E-state index contributed by atoms with van der Waals surface area (Å²) in [6.07, 6.45) is 0. The van der Waals surface area contributed by atoms with Crippen molar-refractivity contribution < 1.29 is 27.5 Å². The van der Waals surface area contributed by atoms with Gasteiger partial charge in [-0.25, -0.2) is 13.2 Å². The van der Waals surface area contributed by atoms with Crippen LogP contribution in [-0.2, 0) is 10.0 Å². The molecule has 194 valence electrons. The summed E-state index contributed by atoms with van der Waals surface area (Å²) in [5.74, 6) is -0.543. The quantitative estimate of drug-likeness (QED) is 0.207. The topological polar surface area (TPSA) is 90.0 Å². The summed E-state index contributed by atoms with van der Waals surface area (Å²) in [4.78, 5) is 26.0. The summed E-state index contributed by atoms with van der Waals surface area (Å²) < 4.78 is 39.1. The van der Waals surface area contributed by atoms with Crippen LogP contribution >= 0.6 is 0 Å². The molecule has 0 N–H and O–H groups in total. The van der Waals surface area contributed by atoms with Crippen molar-refractivity contribution in [1.29, 1.82) is 0 Å². The van der Waals surface area contributed by atoms with Crippen LogP contribution in [0.3, 0.4) is 0 Å². The van der Waals surface area contributed by atoms with E-state index in [2.05, 4.69) is 0 Å². The normalized spacial score (nSPS) is 11.0. The molecule has 0 aliphatic heterocycles. The van der Waals surface area contributed by atoms with E-state index in [9.17, 15) is 18.0 Å². The van der Waals surface area contributed by atoms with Crippen LogP contribution in [-0.4, -0.2) is 26.9 Å². The van der Waals surface area contributed by atoms with Crippen molar-refractivity contribution in [2.75, 3.05) is 10.9 Å². The number of carbonyl (C=O) groups excluding carboxylic acids is 2. The first-order valence-corrected chi connectivity index (χ1v) is 13.4. The van der Waals surface area contributed by atoms with Crippen LogP contribution in [0.15, 0.2) is 102 Å². The smallest absolute Gasteiger partial charge is 0.343 e. The Morgan fingerprint density at radius 3 is 1.71 bits per heavy atom. The van der Waals surface area contributed by atoms with Crippen molar-refractivity contribution in [3.05, 3.63) is 119 Å². The summed E-state index contributed by atoms with van der Waals surface area (Å²) in [7, 11) is -4.31. The Labute approximate surface area is 222 Å². The van der Waals surface area contributed by atoms with Crippen molar-refractivity contribution >= 4 is 27.6 Å². The Morgan fingerprint density at radius 1 is 0.684 bits per heavy atom. The van der Waals surface area contributed by atoms with Gasteiger partial charge in [-0.3, -0.25) is 4.79 Å². The van der Waals surface area contributed by atoms with E-state index in [0.29, 0.717) is 17.9 Å². The molecule has 0 atom stereocenters. The van der Waals surface area contributed by atoms with Gasteiger partial charge in [-0.05, 0) is 93.6 Å². The van der Waals surface area contributed by atoms with Gasteiger partial charge in [0.25, 0.3) is 15.9 Å². The lowest BCUT2D eigenvalue weighted by Crippen LogP contribution is -2.37. The molecule has 0 heterocycles. The molecule has 0 bridgehead atoms. The highest BCUT2D eigenvalue weighted by atomic mass is 32.2. The summed E-state index contributed by atoms with van der Waals surface area (Å²) >= 11 is 0. The fourth-order valence-electron chi connectivity index (χ4n) is 3.66. The van der Waals surface area contributed by atoms with Crippen molar-refractivity contribution in [3.63, 3.8) is 0 Å². The predicted octanol–water partition coefficient (Wildman–Crippen LogP) is 5.96. The third kappa shape index (κ3) is 5.92. The second-order valence-electron chi connectivity index (χ2n) is 8.59. The minimum Gasteiger partial charge on any atom is -0.494 e. The zero-order valence-corrected chi connectivity index (χ0v) is 22.1. The summed E-state index contributed by atoms with van der Waals surface area (Å²) in [6, 6.07) is 25.2. The van der Waals surface area contributed by atoms with Crippen molar-refractivity contribution in [2.24, 2.45) is 0 Å². The lowest BCUT2D eigenvalue weighted by molar-refractivity contribution is 0.0734. The van der Waals surface area contributed by atoms with Crippen LogP contribution in [0.1, 0.15) is 38.8 Å². The summed E-state index contributed by atoms with van der Waals surface area (Å²) in [5, 5.41) is 0. The van der Waals surface area contributed by atoms with Gasteiger partial charge >= 0.3 is 5.97 Å². The first-order valence-electron chi connectivity index (χ1n) is 12.0. The molecular formula is C30H27NO6S. The van der Waals surface area contributed by atoms with E-state index < -0.39 is 21.9 Å². The van der Waals surface area contributed by atoms with Gasteiger partial charge in [-0.1, -0.05) is 35.4 Å². The number of benzene rings is 4. The average molecular weight is 530 g/mol. The first-order chi connectivity index (χ1) is 18.2. The van der Waals surface area contributed by atoms with E-state index in [1.54, 1.807) is 60.7 Å². The number of ether oxygens (including phenoxy) is 2. The van der Waals surface area contributed by atoms with Crippen LogP contribution in [0.4, 0.5) is 5.69 Å². The molecule has 0 aliphatic rings. The molecule has 4 aromatic rings. The number of nitrogens with zero attached hydrogens (tertiary/aromatic N) is 1. The maximum Gasteiger partial charge on any atom is 0.343 e. The highest BCUT2D eigenvalue weighted by molar-refractivity contribution is 7.93. The van der Waals surface area contributed by atoms with E-state index in [0.717, 1.165) is 15.4 Å². The Morgan fingerprint density at radius 2 is 1.18 bits per heavy atom. The molecule has 0 aliphatic carbocycles. The SMILES string of the molecule is CCOc1ccc(S(=O)(=O)N(C(=O)c2ccc(C)cc2)c2ccc(OC(=O)c3ccc(C)cc3)cc2)cc1. The lowest BCUT2D eigenvalue weighted by atomic mass is 10.1. The molecule has 0 spiro atoms. The molecule has 38 heavy (non-hydrogen) atoms. The van der Waals surface area contributed by atoms with E-state index >= 15 is 0 Å². The first kappa shape index (κ1) is 26.6. The monoisotopic (exact) mass is 529 g/mol. The van der Waals surface area contributed by atoms with Gasteiger partial charge in [0.05, 0.1) is 22.8 Å². The Hall–Kier alpha value is -4.43. The lowest BCUT2D eigenvalue weighted by Gasteiger charge is -2.23. The van der Waals surface area contributed by atoms with Crippen LogP contribution in [0.5, 0.6) is 11.5 Å². The Bertz CT molecular complexity index is 1530. The number of anilines is 1. The number of amides is 1. The average Bonchev–Trinajstić information content (AvgIpc) is 2.91. The number of hydrogen-bond donors (Lipinski definition) is 0. The Balaban J connectivity index is 1.68. The maximum atomic E-state index is 13.7. The van der Waals surface area contributed by atoms with E-state index in [1.807, 2.05) is 20.8 Å². The van der Waals surface area contributed by atoms with Gasteiger partial charge in [0, 0.05) is 5.56 Å². The fraction of sp³-hybridized carbons (Fsp3) is 0.133. The van der Waals surface area contributed by atoms with Crippen molar-refractivity contribution in [2.45, 2.75) is 25.7 Å². The van der Waals surface area contributed by atoms with Crippen LogP contribution in [0.2, 0.25) is 0 Å². The Kier molecular flexibility index (Phi) is 7.93. The number of sulfonamides is 1. The summed E-state index contributed by atoms with van der Waals surface area (Å²) in [6.45, 7) is 6.05. The zero-order valence-electron chi connectivity index (χ0n) is 21.2. The van der Waals surface area contributed by atoms with Crippen LogP contribution in [0.25, 0.3) is 0 Å². The van der Waals surface area contributed by atoms with E-state index in [-0.39, 0.29) is 21.9 Å². The molecule has 8 heteroatoms. The molecule has 0 saturated carbocycles. The molecule has 0 saturated heterocycles. The highest BCUT2D eigenvalue weighted by Gasteiger charge is 2.32. The number of esters is 1. The molecule has 0 fully saturated rings. The van der Waals surface area contributed by atoms with Crippen LogP contribution < -0.4 is 13.8 Å². The van der Waals surface area contributed by atoms with Gasteiger partial charge < -0.3 is 9.47 Å². The number of hydrogen-bond acceptors (Lipinski definition) is 6.